The Hall–Kier alpha value is -1.36. The Morgan fingerprint density at radius 2 is 2.00 bits per heavy atom. The first kappa shape index (κ1) is 15.7. The molecule has 1 heterocycles. The summed E-state index contributed by atoms with van der Waals surface area (Å²) in [4.78, 5) is 10.8. The minimum absolute atomic E-state index is 0.314. The third-order valence-electron chi connectivity index (χ3n) is 2.94. The summed E-state index contributed by atoms with van der Waals surface area (Å²) < 4.78 is 0. The molecule has 0 radical (unpaired) electrons. The highest BCUT2D eigenvalue weighted by Gasteiger charge is 2.23. The highest BCUT2D eigenvalue weighted by Crippen LogP contribution is 2.31. The molecule has 0 amide bonds. The van der Waals surface area contributed by atoms with Crippen LogP contribution in [0, 0.1) is 0 Å². The van der Waals surface area contributed by atoms with Gasteiger partial charge in [0.25, 0.3) is 0 Å². The summed E-state index contributed by atoms with van der Waals surface area (Å²) in [6.45, 7) is 11.3. The quantitative estimate of drug-likeness (QED) is 0.827. The number of hydrogen-bond donors (Lipinski definition) is 2. The molecule has 1 aromatic heterocycles. The lowest BCUT2D eigenvalue weighted by atomic mass is 10.0. The van der Waals surface area contributed by atoms with Gasteiger partial charge in [0.05, 0.1) is 5.60 Å². The molecule has 5 nitrogen and oxygen atoms in total. The molecule has 0 aromatic carbocycles. The van der Waals surface area contributed by atoms with Gasteiger partial charge >= 0.3 is 0 Å². The minimum atomic E-state index is -0.755. The summed E-state index contributed by atoms with van der Waals surface area (Å²) in [6, 6.07) is 0. The summed E-state index contributed by atoms with van der Waals surface area (Å²) in [5, 5.41) is 13.2. The van der Waals surface area contributed by atoms with Crippen molar-refractivity contribution in [2.75, 3.05) is 30.4 Å². The second-order valence-electron chi connectivity index (χ2n) is 5.69. The van der Waals surface area contributed by atoms with Crippen LogP contribution in [-0.2, 0) is 0 Å². The first-order chi connectivity index (χ1) is 8.80. The van der Waals surface area contributed by atoms with E-state index in [0.717, 1.165) is 23.7 Å². The Morgan fingerprint density at radius 3 is 2.42 bits per heavy atom. The number of anilines is 2. The van der Waals surface area contributed by atoms with Crippen molar-refractivity contribution in [2.45, 2.75) is 46.1 Å². The fraction of sp³-hybridized carbons (Fsp3) is 0.714. The van der Waals surface area contributed by atoms with E-state index in [0.29, 0.717) is 12.5 Å². The van der Waals surface area contributed by atoms with Crippen molar-refractivity contribution in [1.29, 1.82) is 0 Å². The smallest absolute Gasteiger partial charge is 0.137 e. The average Bonchev–Trinajstić information content (AvgIpc) is 2.33. The zero-order valence-corrected chi connectivity index (χ0v) is 12.9. The topological polar surface area (TPSA) is 61.3 Å². The van der Waals surface area contributed by atoms with Crippen molar-refractivity contribution in [3.8, 4) is 0 Å². The predicted molar refractivity (Wildman–Crippen MR) is 79.9 cm³/mol. The Bertz CT molecular complexity index is 412. The number of hydrogen-bond acceptors (Lipinski definition) is 5. The Balaban J connectivity index is 3.23. The SMILES string of the molecule is CCN(CC(C)(C)O)c1ncnc(NC)c1C(C)C. The molecule has 0 atom stereocenters. The zero-order chi connectivity index (χ0) is 14.6. The van der Waals surface area contributed by atoms with Gasteiger partial charge in [-0.3, -0.25) is 0 Å². The van der Waals surface area contributed by atoms with Crippen molar-refractivity contribution >= 4 is 11.6 Å². The number of nitrogens with zero attached hydrogens (tertiary/aromatic N) is 3. The van der Waals surface area contributed by atoms with Gasteiger partial charge in [-0.1, -0.05) is 13.8 Å². The van der Waals surface area contributed by atoms with E-state index in [2.05, 4.69) is 41.0 Å². The molecule has 0 saturated carbocycles. The van der Waals surface area contributed by atoms with Gasteiger partial charge in [-0.05, 0) is 26.7 Å². The van der Waals surface area contributed by atoms with Crippen LogP contribution in [0.15, 0.2) is 6.33 Å². The summed E-state index contributed by atoms with van der Waals surface area (Å²) in [7, 11) is 1.87. The highest BCUT2D eigenvalue weighted by molar-refractivity contribution is 5.60. The van der Waals surface area contributed by atoms with Crippen LogP contribution in [0.25, 0.3) is 0 Å². The largest absolute Gasteiger partial charge is 0.389 e. The molecule has 0 aliphatic carbocycles. The van der Waals surface area contributed by atoms with Gasteiger partial charge in [-0.2, -0.15) is 0 Å². The van der Waals surface area contributed by atoms with E-state index in [1.165, 1.54) is 0 Å². The van der Waals surface area contributed by atoms with Crippen molar-refractivity contribution in [2.24, 2.45) is 0 Å². The molecule has 2 N–H and O–H groups in total. The Kier molecular flexibility index (Phi) is 5.11. The van der Waals surface area contributed by atoms with E-state index in [1.807, 2.05) is 20.9 Å². The van der Waals surface area contributed by atoms with Gasteiger partial charge < -0.3 is 15.3 Å². The summed E-state index contributed by atoms with van der Waals surface area (Å²) >= 11 is 0. The fourth-order valence-electron chi connectivity index (χ4n) is 2.17. The van der Waals surface area contributed by atoms with Crippen molar-refractivity contribution < 1.29 is 5.11 Å². The average molecular weight is 266 g/mol. The molecule has 1 rings (SSSR count). The van der Waals surface area contributed by atoms with Crippen LogP contribution in [0.2, 0.25) is 0 Å². The molecular formula is C14H26N4O. The third kappa shape index (κ3) is 4.06. The van der Waals surface area contributed by atoms with Crippen molar-refractivity contribution in [3.63, 3.8) is 0 Å². The molecule has 0 fully saturated rings. The minimum Gasteiger partial charge on any atom is -0.389 e. The molecule has 0 aliphatic heterocycles. The van der Waals surface area contributed by atoms with Crippen LogP contribution in [0.5, 0.6) is 0 Å². The number of aromatic nitrogens is 2. The van der Waals surface area contributed by atoms with Crippen LogP contribution in [-0.4, -0.2) is 40.8 Å². The van der Waals surface area contributed by atoms with Crippen LogP contribution in [0.4, 0.5) is 11.6 Å². The molecule has 0 bridgehead atoms. The van der Waals surface area contributed by atoms with Crippen LogP contribution in [0.3, 0.4) is 0 Å². The number of likely N-dealkylation sites (N-methyl/N-ethyl adjacent to an activating group) is 1. The van der Waals surface area contributed by atoms with E-state index in [1.54, 1.807) is 6.33 Å². The lowest BCUT2D eigenvalue weighted by Gasteiger charge is -2.31. The third-order valence-corrected chi connectivity index (χ3v) is 2.94. The summed E-state index contributed by atoms with van der Waals surface area (Å²) in [5.41, 5.74) is 0.339. The van der Waals surface area contributed by atoms with Gasteiger partial charge in [0.1, 0.15) is 18.0 Å². The van der Waals surface area contributed by atoms with E-state index < -0.39 is 5.60 Å². The van der Waals surface area contributed by atoms with E-state index in [4.69, 9.17) is 0 Å². The number of aliphatic hydroxyl groups is 1. The molecular weight excluding hydrogens is 240 g/mol. The van der Waals surface area contributed by atoms with Gasteiger partial charge in [0.2, 0.25) is 0 Å². The van der Waals surface area contributed by atoms with E-state index in [-0.39, 0.29) is 0 Å². The van der Waals surface area contributed by atoms with Gasteiger partial charge in [-0.15, -0.1) is 0 Å². The molecule has 0 unspecified atom stereocenters. The second-order valence-corrected chi connectivity index (χ2v) is 5.69. The Morgan fingerprint density at radius 1 is 1.37 bits per heavy atom. The highest BCUT2D eigenvalue weighted by atomic mass is 16.3. The lowest BCUT2D eigenvalue weighted by Crippen LogP contribution is -2.39. The standard InChI is InChI=1S/C14H26N4O/c1-7-18(8-14(4,5)19)13-11(10(2)3)12(15-6)16-9-17-13/h9-10,19H,7-8H2,1-6H3,(H,15,16,17). The fourth-order valence-corrected chi connectivity index (χ4v) is 2.17. The normalized spacial score (nSPS) is 11.8. The zero-order valence-electron chi connectivity index (χ0n) is 12.9. The van der Waals surface area contributed by atoms with Crippen molar-refractivity contribution in [3.05, 3.63) is 11.9 Å². The maximum absolute atomic E-state index is 10.0. The number of rotatable bonds is 6. The predicted octanol–water partition coefficient (Wildman–Crippen LogP) is 2.24. The van der Waals surface area contributed by atoms with Gasteiger partial charge in [-0.25, -0.2) is 9.97 Å². The molecule has 0 aliphatic rings. The van der Waals surface area contributed by atoms with Crippen LogP contribution < -0.4 is 10.2 Å². The second kappa shape index (κ2) is 6.19. The monoisotopic (exact) mass is 266 g/mol. The van der Waals surface area contributed by atoms with Gasteiger partial charge in [0.15, 0.2) is 0 Å². The maximum Gasteiger partial charge on any atom is 0.137 e. The van der Waals surface area contributed by atoms with Crippen LogP contribution in [0.1, 0.15) is 46.1 Å². The molecule has 0 saturated heterocycles. The van der Waals surface area contributed by atoms with Crippen LogP contribution >= 0.6 is 0 Å². The first-order valence-electron chi connectivity index (χ1n) is 6.80. The number of nitrogens with one attached hydrogen (secondary N) is 1. The lowest BCUT2D eigenvalue weighted by molar-refractivity contribution is 0.0873. The molecule has 1 aromatic rings. The van der Waals surface area contributed by atoms with E-state index >= 15 is 0 Å². The van der Waals surface area contributed by atoms with E-state index in [9.17, 15) is 5.11 Å². The first-order valence-corrected chi connectivity index (χ1v) is 6.80. The molecule has 108 valence electrons. The van der Waals surface area contributed by atoms with Gasteiger partial charge in [0, 0.05) is 25.7 Å². The summed E-state index contributed by atoms with van der Waals surface area (Å²) in [5.74, 6) is 2.07. The summed E-state index contributed by atoms with van der Waals surface area (Å²) in [6.07, 6.45) is 1.57. The molecule has 19 heavy (non-hydrogen) atoms. The molecule has 5 heteroatoms. The molecule has 0 spiro atoms. The van der Waals surface area contributed by atoms with Crippen molar-refractivity contribution in [1.82, 2.24) is 9.97 Å². The maximum atomic E-state index is 10.0. The Labute approximate surface area is 116 Å².